The minimum Gasteiger partial charge on any atom is -0.398 e. The first kappa shape index (κ1) is 21.8. The van der Waals surface area contributed by atoms with Crippen LogP contribution in [-0.2, 0) is 6.42 Å². The third-order valence-corrected chi connectivity index (χ3v) is 5.86. The smallest absolute Gasteiger partial charge is 0.0353 e. The Labute approximate surface area is 167 Å². The van der Waals surface area contributed by atoms with Crippen LogP contribution < -0.4 is 5.73 Å². The molecule has 1 heteroatoms. The summed E-state index contributed by atoms with van der Waals surface area (Å²) in [5, 5.41) is 2.65. The molecule has 0 bridgehead atoms. The van der Waals surface area contributed by atoms with Crippen LogP contribution >= 0.6 is 0 Å². The van der Waals surface area contributed by atoms with Crippen LogP contribution in [0.15, 0.2) is 36.4 Å². The zero-order valence-corrected chi connectivity index (χ0v) is 17.6. The molecule has 0 aliphatic carbocycles. The van der Waals surface area contributed by atoms with Crippen LogP contribution in [0.3, 0.4) is 0 Å². The van der Waals surface area contributed by atoms with Gasteiger partial charge in [-0.25, -0.2) is 0 Å². The molecule has 0 aromatic heterocycles. The van der Waals surface area contributed by atoms with Crippen LogP contribution in [0.4, 0.5) is 5.69 Å². The normalized spacial score (nSPS) is 11.3. The van der Waals surface area contributed by atoms with Crippen molar-refractivity contribution >= 4 is 16.5 Å². The lowest BCUT2D eigenvalue weighted by atomic mass is 9.97. The van der Waals surface area contributed by atoms with Gasteiger partial charge in [-0.2, -0.15) is 0 Å². The number of fused-ring (bicyclic) bond motifs is 1. The molecule has 2 aromatic rings. The van der Waals surface area contributed by atoms with E-state index in [0.29, 0.717) is 0 Å². The fourth-order valence-corrected chi connectivity index (χ4v) is 4.13. The molecule has 1 nitrogen and oxygen atoms in total. The van der Waals surface area contributed by atoms with Crippen molar-refractivity contribution in [3.05, 3.63) is 42.0 Å². The van der Waals surface area contributed by atoms with Crippen molar-refractivity contribution in [1.82, 2.24) is 0 Å². The van der Waals surface area contributed by atoms with Crippen LogP contribution in [0.25, 0.3) is 10.8 Å². The molecule has 150 valence electrons. The van der Waals surface area contributed by atoms with Gasteiger partial charge < -0.3 is 5.73 Å². The molecule has 0 spiro atoms. The fourth-order valence-electron chi connectivity index (χ4n) is 4.13. The van der Waals surface area contributed by atoms with E-state index < -0.39 is 0 Å². The van der Waals surface area contributed by atoms with E-state index in [-0.39, 0.29) is 0 Å². The average molecular weight is 368 g/mol. The van der Waals surface area contributed by atoms with Gasteiger partial charge in [-0.05, 0) is 35.2 Å². The second-order valence-corrected chi connectivity index (χ2v) is 8.20. The van der Waals surface area contributed by atoms with Crippen molar-refractivity contribution in [2.24, 2.45) is 0 Å². The molecule has 0 amide bonds. The molecule has 2 aromatic carbocycles. The summed E-state index contributed by atoms with van der Waals surface area (Å²) >= 11 is 0. The zero-order chi connectivity index (χ0) is 19.2. The number of aryl methyl sites for hydroxylation is 1. The van der Waals surface area contributed by atoms with Gasteiger partial charge in [-0.3, -0.25) is 0 Å². The molecule has 2 N–H and O–H groups in total. The lowest BCUT2D eigenvalue weighted by molar-refractivity contribution is 0.535. The average Bonchev–Trinajstić information content (AvgIpc) is 2.69. The zero-order valence-electron chi connectivity index (χ0n) is 17.6. The van der Waals surface area contributed by atoms with Crippen molar-refractivity contribution < 1.29 is 0 Å². The summed E-state index contributed by atoms with van der Waals surface area (Å²) in [6.07, 6.45) is 20.8. The number of hydrogen-bond acceptors (Lipinski definition) is 1. The highest BCUT2D eigenvalue weighted by Crippen LogP contribution is 2.26. The molecule has 0 fully saturated rings. The maximum absolute atomic E-state index is 6.24. The van der Waals surface area contributed by atoms with Gasteiger partial charge in [0, 0.05) is 5.69 Å². The molecule has 0 aliphatic heterocycles. The van der Waals surface area contributed by atoms with Gasteiger partial charge in [-0.15, -0.1) is 0 Å². The molecule has 0 heterocycles. The number of hydrogen-bond donors (Lipinski definition) is 1. The summed E-state index contributed by atoms with van der Waals surface area (Å²) < 4.78 is 0. The molecule has 2 rings (SSSR count). The molecule has 0 atom stereocenters. The Bertz CT molecular complexity index is 631. The molecular formula is C26H41N. The topological polar surface area (TPSA) is 26.0 Å². The molecule has 27 heavy (non-hydrogen) atoms. The van der Waals surface area contributed by atoms with E-state index in [2.05, 4.69) is 43.3 Å². The first-order valence-corrected chi connectivity index (χ1v) is 11.6. The summed E-state index contributed by atoms with van der Waals surface area (Å²) in [4.78, 5) is 0. The van der Waals surface area contributed by atoms with Crippen LogP contribution in [0.1, 0.15) is 102 Å². The van der Waals surface area contributed by atoms with E-state index >= 15 is 0 Å². The summed E-state index contributed by atoms with van der Waals surface area (Å²) in [6, 6.07) is 12.8. The van der Waals surface area contributed by atoms with Gasteiger partial charge in [0.15, 0.2) is 0 Å². The first-order valence-electron chi connectivity index (χ1n) is 11.6. The number of nitrogen functional groups attached to an aromatic ring is 1. The van der Waals surface area contributed by atoms with E-state index in [1.54, 1.807) is 0 Å². The quantitative estimate of drug-likeness (QED) is 0.248. The Balaban J connectivity index is 1.48. The predicted octanol–water partition coefficient (Wildman–Crippen LogP) is 8.45. The predicted molar refractivity (Wildman–Crippen MR) is 122 cm³/mol. The molecule has 0 aliphatic rings. The monoisotopic (exact) mass is 367 g/mol. The van der Waals surface area contributed by atoms with Crippen molar-refractivity contribution in [3.8, 4) is 0 Å². The highest BCUT2D eigenvalue weighted by Gasteiger charge is 2.05. The lowest BCUT2D eigenvalue weighted by Gasteiger charge is -2.10. The Hall–Kier alpha value is -1.50. The standard InChI is InChI=1S/C26H41N/c1-2-3-4-5-6-7-8-9-10-11-12-13-14-15-20-25-24-19-17-16-18-23(24)21-22-26(25)27/h16-19,21-22H,2-15,20,27H2,1H3. The van der Waals surface area contributed by atoms with E-state index in [0.717, 1.165) is 12.1 Å². The van der Waals surface area contributed by atoms with Crippen LogP contribution in [0, 0.1) is 0 Å². The molecule has 0 saturated carbocycles. The van der Waals surface area contributed by atoms with E-state index in [1.807, 2.05) is 0 Å². The van der Waals surface area contributed by atoms with Gasteiger partial charge in [0.25, 0.3) is 0 Å². The summed E-state index contributed by atoms with van der Waals surface area (Å²) in [5.74, 6) is 0. The van der Waals surface area contributed by atoms with Gasteiger partial charge >= 0.3 is 0 Å². The third kappa shape index (κ3) is 8.37. The van der Waals surface area contributed by atoms with Crippen molar-refractivity contribution in [3.63, 3.8) is 0 Å². The number of unbranched alkanes of at least 4 members (excludes halogenated alkanes) is 13. The molecule has 0 unspecified atom stereocenters. The molecule has 0 radical (unpaired) electrons. The maximum atomic E-state index is 6.24. The second-order valence-electron chi connectivity index (χ2n) is 8.20. The maximum Gasteiger partial charge on any atom is 0.0353 e. The van der Waals surface area contributed by atoms with Crippen molar-refractivity contribution in [1.29, 1.82) is 0 Å². The minimum atomic E-state index is 0.961. The summed E-state index contributed by atoms with van der Waals surface area (Å²) in [5.41, 5.74) is 8.56. The lowest BCUT2D eigenvalue weighted by Crippen LogP contribution is -1.96. The van der Waals surface area contributed by atoms with Gasteiger partial charge in [0.2, 0.25) is 0 Å². The molecular weight excluding hydrogens is 326 g/mol. The second kappa shape index (κ2) is 13.6. The highest BCUT2D eigenvalue weighted by molar-refractivity contribution is 5.89. The van der Waals surface area contributed by atoms with E-state index in [1.165, 1.54) is 106 Å². The highest BCUT2D eigenvalue weighted by atomic mass is 14.6. The summed E-state index contributed by atoms with van der Waals surface area (Å²) in [7, 11) is 0. The minimum absolute atomic E-state index is 0.961. The van der Waals surface area contributed by atoms with Crippen molar-refractivity contribution in [2.75, 3.05) is 5.73 Å². The number of nitrogens with two attached hydrogens (primary N) is 1. The first-order chi connectivity index (χ1) is 13.3. The van der Waals surface area contributed by atoms with Crippen molar-refractivity contribution in [2.45, 2.75) is 103 Å². The fraction of sp³-hybridized carbons (Fsp3) is 0.615. The Morgan fingerprint density at radius 2 is 1.11 bits per heavy atom. The van der Waals surface area contributed by atoms with Crippen LogP contribution in [0.5, 0.6) is 0 Å². The number of benzene rings is 2. The van der Waals surface area contributed by atoms with Gasteiger partial charge in [0.1, 0.15) is 0 Å². The van der Waals surface area contributed by atoms with Crippen LogP contribution in [0.2, 0.25) is 0 Å². The largest absolute Gasteiger partial charge is 0.398 e. The van der Waals surface area contributed by atoms with E-state index in [4.69, 9.17) is 5.73 Å². The Morgan fingerprint density at radius 1 is 0.593 bits per heavy atom. The third-order valence-electron chi connectivity index (χ3n) is 5.86. The van der Waals surface area contributed by atoms with Crippen LogP contribution in [-0.4, -0.2) is 0 Å². The Kier molecular flexibility index (Phi) is 11.0. The molecule has 0 saturated heterocycles. The van der Waals surface area contributed by atoms with Gasteiger partial charge in [0.05, 0.1) is 0 Å². The number of anilines is 1. The van der Waals surface area contributed by atoms with Gasteiger partial charge in [-0.1, -0.05) is 121 Å². The number of rotatable bonds is 15. The summed E-state index contributed by atoms with van der Waals surface area (Å²) in [6.45, 7) is 2.29. The van der Waals surface area contributed by atoms with E-state index in [9.17, 15) is 0 Å². The Morgan fingerprint density at radius 3 is 1.70 bits per heavy atom. The SMILES string of the molecule is CCCCCCCCCCCCCCCCc1c(N)ccc2ccccc12.